The lowest BCUT2D eigenvalue weighted by Crippen LogP contribution is -2.52. The van der Waals surface area contributed by atoms with Crippen LogP contribution in [0.3, 0.4) is 0 Å². The number of hydrogen-bond donors (Lipinski definition) is 1. The third-order valence-electron chi connectivity index (χ3n) is 5.95. The van der Waals surface area contributed by atoms with Crippen molar-refractivity contribution in [2.75, 3.05) is 56.1 Å². The lowest BCUT2D eigenvalue weighted by Gasteiger charge is -2.37. The zero-order chi connectivity index (χ0) is 20.6. The maximum atomic E-state index is 4.63. The smallest absolute Gasteiger partial charge is 0.194 e. The molecule has 2 aromatic heterocycles. The first kappa shape index (κ1) is 23.6. The van der Waals surface area contributed by atoms with Crippen LogP contribution in [0.1, 0.15) is 31.2 Å². The van der Waals surface area contributed by atoms with Crippen LogP contribution in [0.5, 0.6) is 0 Å². The van der Waals surface area contributed by atoms with Gasteiger partial charge in [0.2, 0.25) is 0 Å². The molecule has 4 heterocycles. The zero-order valence-electron chi connectivity index (χ0n) is 18.4. The van der Waals surface area contributed by atoms with Crippen LogP contribution < -0.4 is 15.1 Å². The van der Waals surface area contributed by atoms with Gasteiger partial charge in [-0.25, -0.2) is 9.97 Å². The highest BCUT2D eigenvalue weighted by molar-refractivity contribution is 14.0. The van der Waals surface area contributed by atoms with Crippen LogP contribution in [0.25, 0.3) is 0 Å². The van der Waals surface area contributed by atoms with Crippen LogP contribution in [-0.2, 0) is 6.54 Å². The zero-order valence-corrected chi connectivity index (χ0v) is 20.7. The van der Waals surface area contributed by atoms with Gasteiger partial charge in [0.1, 0.15) is 11.6 Å². The molecular weight excluding hydrogens is 501 g/mol. The van der Waals surface area contributed by atoms with Crippen molar-refractivity contribution >= 4 is 41.6 Å². The highest BCUT2D eigenvalue weighted by Gasteiger charge is 2.20. The van der Waals surface area contributed by atoms with Crippen LogP contribution in [0.2, 0.25) is 0 Å². The number of rotatable bonds is 4. The van der Waals surface area contributed by atoms with Crippen molar-refractivity contribution in [2.24, 2.45) is 4.99 Å². The number of nitrogens with one attached hydrogen (secondary N) is 1. The van der Waals surface area contributed by atoms with Crippen LogP contribution in [-0.4, -0.2) is 67.1 Å². The number of nitrogens with zero attached hydrogens (tertiary/aromatic N) is 6. The number of guanidine groups is 1. The topological polar surface area (TPSA) is 59.9 Å². The summed E-state index contributed by atoms with van der Waals surface area (Å²) in [5.74, 6) is 3.12. The number of pyridine rings is 2. The fourth-order valence-corrected chi connectivity index (χ4v) is 4.24. The van der Waals surface area contributed by atoms with E-state index in [0.29, 0.717) is 0 Å². The molecule has 8 heteroatoms. The Morgan fingerprint density at radius 1 is 0.871 bits per heavy atom. The van der Waals surface area contributed by atoms with Crippen LogP contribution in [0.15, 0.2) is 47.7 Å². The summed E-state index contributed by atoms with van der Waals surface area (Å²) in [5.41, 5.74) is 1.25. The van der Waals surface area contributed by atoms with Crippen molar-refractivity contribution in [1.82, 2.24) is 20.2 Å². The van der Waals surface area contributed by atoms with Gasteiger partial charge in [-0.1, -0.05) is 18.9 Å². The normalized spacial score (nSPS) is 17.7. The molecule has 0 atom stereocenters. The van der Waals surface area contributed by atoms with Crippen molar-refractivity contribution < 1.29 is 0 Å². The Balaban J connectivity index is 0.00000272. The lowest BCUT2D eigenvalue weighted by atomic mass is 10.2. The fraction of sp³-hybridized carbons (Fsp3) is 0.522. The lowest BCUT2D eigenvalue weighted by molar-refractivity contribution is 0.371. The molecule has 2 aromatic rings. The summed E-state index contributed by atoms with van der Waals surface area (Å²) in [5, 5.41) is 3.55. The van der Waals surface area contributed by atoms with Crippen molar-refractivity contribution in [3.05, 3.63) is 48.3 Å². The van der Waals surface area contributed by atoms with E-state index >= 15 is 0 Å². The van der Waals surface area contributed by atoms with Crippen molar-refractivity contribution in [1.29, 1.82) is 0 Å². The van der Waals surface area contributed by atoms with E-state index in [2.05, 4.69) is 53.2 Å². The quantitative estimate of drug-likeness (QED) is 0.368. The van der Waals surface area contributed by atoms with Crippen molar-refractivity contribution in [3.63, 3.8) is 0 Å². The number of aromatic nitrogens is 2. The molecule has 0 unspecified atom stereocenters. The van der Waals surface area contributed by atoms with Gasteiger partial charge < -0.3 is 20.0 Å². The predicted molar refractivity (Wildman–Crippen MR) is 139 cm³/mol. The summed E-state index contributed by atoms with van der Waals surface area (Å²) in [7, 11) is 1.86. The van der Waals surface area contributed by atoms with Gasteiger partial charge in [0.05, 0.1) is 0 Å². The van der Waals surface area contributed by atoms with Gasteiger partial charge in [-0.15, -0.1) is 24.0 Å². The number of anilines is 2. The summed E-state index contributed by atoms with van der Waals surface area (Å²) < 4.78 is 0. The molecule has 7 nitrogen and oxygen atoms in total. The summed E-state index contributed by atoms with van der Waals surface area (Å²) in [6, 6.07) is 10.4. The van der Waals surface area contributed by atoms with E-state index in [0.717, 1.165) is 63.4 Å². The first-order chi connectivity index (χ1) is 14.8. The molecule has 0 spiro atoms. The Morgan fingerprint density at radius 3 is 2.26 bits per heavy atom. The van der Waals surface area contributed by atoms with Crippen molar-refractivity contribution in [3.8, 4) is 0 Å². The number of piperazine rings is 1. The van der Waals surface area contributed by atoms with Crippen LogP contribution in [0, 0.1) is 0 Å². The van der Waals surface area contributed by atoms with E-state index in [-0.39, 0.29) is 24.0 Å². The van der Waals surface area contributed by atoms with E-state index in [1.807, 2.05) is 31.6 Å². The Hall–Kier alpha value is -2.10. The second kappa shape index (κ2) is 12.1. The maximum absolute atomic E-state index is 4.63. The van der Waals surface area contributed by atoms with Crippen molar-refractivity contribution in [2.45, 2.75) is 32.2 Å². The minimum absolute atomic E-state index is 0. The average molecular weight is 535 g/mol. The van der Waals surface area contributed by atoms with E-state index in [4.69, 9.17) is 0 Å². The fourth-order valence-electron chi connectivity index (χ4n) is 4.24. The molecule has 0 radical (unpaired) electrons. The maximum Gasteiger partial charge on any atom is 0.194 e. The second-order valence-corrected chi connectivity index (χ2v) is 7.99. The van der Waals surface area contributed by atoms with E-state index in [1.54, 1.807) is 0 Å². The first-order valence-electron chi connectivity index (χ1n) is 11.1. The van der Waals surface area contributed by atoms with Gasteiger partial charge in [0.15, 0.2) is 5.96 Å². The number of hydrogen-bond acceptors (Lipinski definition) is 5. The SMILES string of the molecule is CN=C(NCc1ccnc(N2CCCCCC2)c1)N1CCN(c2ccccn2)CC1.I. The molecule has 4 rings (SSSR count). The Bertz CT molecular complexity index is 814. The summed E-state index contributed by atoms with van der Waals surface area (Å²) in [4.78, 5) is 20.7. The van der Waals surface area contributed by atoms with Gasteiger partial charge in [0, 0.05) is 65.3 Å². The van der Waals surface area contributed by atoms with E-state index in [9.17, 15) is 0 Å². The minimum Gasteiger partial charge on any atom is -0.357 e. The van der Waals surface area contributed by atoms with Gasteiger partial charge in [-0.2, -0.15) is 0 Å². The molecular formula is C23H34IN7. The predicted octanol–water partition coefficient (Wildman–Crippen LogP) is 3.37. The molecule has 0 bridgehead atoms. The monoisotopic (exact) mass is 535 g/mol. The van der Waals surface area contributed by atoms with Gasteiger partial charge in [-0.3, -0.25) is 4.99 Å². The molecule has 0 aliphatic carbocycles. The van der Waals surface area contributed by atoms with Gasteiger partial charge in [0.25, 0.3) is 0 Å². The molecule has 0 aromatic carbocycles. The molecule has 168 valence electrons. The molecule has 0 amide bonds. The molecule has 1 N–H and O–H groups in total. The second-order valence-electron chi connectivity index (χ2n) is 7.99. The standard InChI is InChI=1S/C23H33N7.HI/c1-24-23(30-16-14-29(15-17-30)21-8-4-5-10-25-21)27-19-20-9-11-26-22(18-20)28-12-6-2-3-7-13-28;/h4-5,8-11,18H,2-3,6-7,12-17,19H2,1H3,(H,24,27);1H. The first-order valence-corrected chi connectivity index (χ1v) is 11.1. The van der Waals surface area contributed by atoms with E-state index < -0.39 is 0 Å². The summed E-state index contributed by atoms with van der Waals surface area (Å²) >= 11 is 0. The summed E-state index contributed by atoms with van der Waals surface area (Å²) in [6.07, 6.45) is 8.99. The van der Waals surface area contributed by atoms with Gasteiger partial charge >= 0.3 is 0 Å². The number of halogens is 1. The Labute approximate surface area is 203 Å². The average Bonchev–Trinajstić information content (AvgIpc) is 3.10. The highest BCUT2D eigenvalue weighted by Crippen LogP contribution is 2.18. The molecule has 31 heavy (non-hydrogen) atoms. The molecule has 2 aliphatic heterocycles. The number of aliphatic imine (C=N–C) groups is 1. The van der Waals surface area contributed by atoms with Crippen LogP contribution >= 0.6 is 24.0 Å². The summed E-state index contributed by atoms with van der Waals surface area (Å²) in [6.45, 7) is 6.77. The molecule has 2 saturated heterocycles. The van der Waals surface area contributed by atoms with E-state index in [1.165, 1.54) is 31.2 Å². The molecule has 2 fully saturated rings. The Kier molecular flexibility index (Phi) is 9.17. The highest BCUT2D eigenvalue weighted by atomic mass is 127. The largest absolute Gasteiger partial charge is 0.357 e. The molecule has 0 saturated carbocycles. The Morgan fingerprint density at radius 2 is 1.58 bits per heavy atom. The van der Waals surface area contributed by atoms with Gasteiger partial charge in [-0.05, 0) is 42.7 Å². The third-order valence-corrected chi connectivity index (χ3v) is 5.95. The van der Waals surface area contributed by atoms with Crippen LogP contribution in [0.4, 0.5) is 11.6 Å². The molecule has 2 aliphatic rings. The minimum atomic E-state index is 0. The third kappa shape index (κ3) is 6.44.